The molecule has 0 N–H and O–H groups in total. The second-order valence-electron chi connectivity index (χ2n) is 8.51. The van der Waals surface area contributed by atoms with Gasteiger partial charge in [0.15, 0.2) is 5.75 Å². The molecule has 0 bridgehead atoms. The van der Waals surface area contributed by atoms with Crippen LogP contribution in [0.3, 0.4) is 0 Å². The quantitative estimate of drug-likeness (QED) is 0.530. The van der Waals surface area contributed by atoms with Gasteiger partial charge in [-0.3, -0.25) is 14.3 Å². The number of aryl methyl sites for hydroxylation is 2. The molecule has 1 aliphatic heterocycles. The summed E-state index contributed by atoms with van der Waals surface area (Å²) in [6.45, 7) is 3.80. The van der Waals surface area contributed by atoms with Gasteiger partial charge in [0, 0.05) is 24.6 Å². The van der Waals surface area contributed by atoms with Gasteiger partial charge in [0.1, 0.15) is 22.1 Å². The standard InChI is InChI=1S/C25H23ClN2O5/c1-12-8-6-7-9-14(12)21-18-15(27-28(21)3)10-13(2)25(23(18)29)24(30)19-16(31-4)11-17(32-5)20(26)22(19)33-25/h6-9,11,13H,10H2,1-5H3/t13-,25+/m1/s1. The van der Waals surface area contributed by atoms with Gasteiger partial charge in [0.05, 0.1) is 31.2 Å². The van der Waals surface area contributed by atoms with Crippen molar-refractivity contribution in [2.24, 2.45) is 13.0 Å². The van der Waals surface area contributed by atoms with Crippen LogP contribution in [0.5, 0.6) is 17.2 Å². The Morgan fingerprint density at radius 2 is 1.79 bits per heavy atom. The molecule has 2 aliphatic rings. The molecule has 0 fully saturated rings. The van der Waals surface area contributed by atoms with Crippen LogP contribution in [-0.2, 0) is 13.5 Å². The van der Waals surface area contributed by atoms with E-state index in [1.807, 2.05) is 45.2 Å². The minimum atomic E-state index is -1.75. The van der Waals surface area contributed by atoms with Crippen LogP contribution in [0.2, 0.25) is 5.02 Å². The lowest BCUT2D eigenvalue weighted by molar-refractivity contribution is 0.0259. The van der Waals surface area contributed by atoms with Gasteiger partial charge in [0.25, 0.3) is 0 Å². The maximum Gasteiger partial charge on any atom is 0.237 e. The highest BCUT2D eigenvalue weighted by molar-refractivity contribution is 6.36. The number of fused-ring (bicyclic) bond motifs is 2. The zero-order valence-electron chi connectivity index (χ0n) is 19.0. The average molecular weight is 467 g/mol. The number of carbonyl (C=O) groups excluding carboxylic acids is 2. The largest absolute Gasteiger partial charge is 0.496 e. The molecule has 1 aromatic heterocycles. The van der Waals surface area contributed by atoms with Gasteiger partial charge in [-0.15, -0.1) is 0 Å². The molecule has 0 saturated heterocycles. The number of ether oxygens (including phenoxy) is 3. The van der Waals surface area contributed by atoms with E-state index in [-0.39, 0.29) is 22.1 Å². The molecule has 8 heteroatoms. The fraction of sp³-hybridized carbons (Fsp3) is 0.320. The number of benzene rings is 2. The molecule has 170 valence electrons. The molecule has 2 aromatic carbocycles. The number of methoxy groups -OCH3 is 2. The smallest absolute Gasteiger partial charge is 0.237 e. The van der Waals surface area contributed by atoms with E-state index in [1.54, 1.807) is 4.68 Å². The van der Waals surface area contributed by atoms with Crippen molar-refractivity contribution in [3.05, 3.63) is 57.7 Å². The first-order valence-electron chi connectivity index (χ1n) is 10.6. The van der Waals surface area contributed by atoms with Gasteiger partial charge in [-0.05, 0) is 18.9 Å². The number of halogens is 1. The lowest BCUT2D eigenvalue weighted by atomic mass is 9.70. The molecule has 7 nitrogen and oxygen atoms in total. The third-order valence-corrected chi connectivity index (χ3v) is 7.05. The van der Waals surface area contributed by atoms with E-state index < -0.39 is 23.1 Å². The van der Waals surface area contributed by atoms with E-state index >= 15 is 0 Å². The Morgan fingerprint density at radius 1 is 1.12 bits per heavy atom. The Hall–Kier alpha value is -3.32. The average Bonchev–Trinajstić information content (AvgIpc) is 3.29. The van der Waals surface area contributed by atoms with Gasteiger partial charge >= 0.3 is 0 Å². The van der Waals surface area contributed by atoms with E-state index in [0.29, 0.717) is 29.1 Å². The first-order valence-corrected chi connectivity index (χ1v) is 11.0. The topological polar surface area (TPSA) is 79.7 Å². The number of rotatable bonds is 3. The van der Waals surface area contributed by atoms with Crippen LogP contribution in [0.4, 0.5) is 0 Å². The van der Waals surface area contributed by atoms with E-state index in [4.69, 9.17) is 25.8 Å². The zero-order chi connectivity index (χ0) is 23.7. The summed E-state index contributed by atoms with van der Waals surface area (Å²) >= 11 is 6.51. The Kier molecular flexibility index (Phi) is 4.79. The summed E-state index contributed by atoms with van der Waals surface area (Å²) in [6.07, 6.45) is 0.400. The number of hydrogen-bond donors (Lipinski definition) is 0. The number of hydrogen-bond acceptors (Lipinski definition) is 6. The van der Waals surface area contributed by atoms with Gasteiger partial charge in [-0.1, -0.05) is 42.8 Å². The minimum Gasteiger partial charge on any atom is -0.496 e. The summed E-state index contributed by atoms with van der Waals surface area (Å²) in [6, 6.07) is 9.31. The van der Waals surface area contributed by atoms with Crippen molar-refractivity contribution in [2.45, 2.75) is 25.9 Å². The van der Waals surface area contributed by atoms with Crippen molar-refractivity contribution in [1.29, 1.82) is 0 Å². The summed E-state index contributed by atoms with van der Waals surface area (Å²) in [4.78, 5) is 28.1. The highest BCUT2D eigenvalue weighted by atomic mass is 35.5. The Balaban J connectivity index is 1.73. The third kappa shape index (κ3) is 2.72. The first-order chi connectivity index (χ1) is 15.8. The van der Waals surface area contributed by atoms with Crippen LogP contribution in [0, 0.1) is 12.8 Å². The third-order valence-electron chi connectivity index (χ3n) is 6.70. The molecule has 2 heterocycles. The Labute approximate surface area is 196 Å². The zero-order valence-corrected chi connectivity index (χ0v) is 19.7. The summed E-state index contributed by atoms with van der Waals surface area (Å²) in [5.41, 5.74) is 2.02. The Morgan fingerprint density at radius 3 is 2.45 bits per heavy atom. The van der Waals surface area contributed by atoms with Gasteiger partial charge in [-0.25, -0.2) is 0 Å². The molecule has 0 amide bonds. The number of aromatic nitrogens is 2. The van der Waals surface area contributed by atoms with Gasteiger partial charge in [0.2, 0.25) is 17.2 Å². The second kappa shape index (κ2) is 7.35. The van der Waals surface area contributed by atoms with Crippen molar-refractivity contribution >= 4 is 23.2 Å². The fourth-order valence-corrected chi connectivity index (χ4v) is 5.29. The molecule has 33 heavy (non-hydrogen) atoms. The van der Waals surface area contributed by atoms with E-state index in [1.165, 1.54) is 20.3 Å². The fourth-order valence-electron chi connectivity index (χ4n) is 5.03. The maximum atomic E-state index is 14.2. The lowest BCUT2D eigenvalue weighted by Crippen LogP contribution is -2.56. The van der Waals surface area contributed by atoms with Crippen LogP contribution in [0.25, 0.3) is 11.3 Å². The lowest BCUT2D eigenvalue weighted by Gasteiger charge is -2.35. The van der Waals surface area contributed by atoms with Crippen LogP contribution in [0.15, 0.2) is 30.3 Å². The highest BCUT2D eigenvalue weighted by Crippen LogP contribution is 2.54. The van der Waals surface area contributed by atoms with Crippen LogP contribution < -0.4 is 14.2 Å². The molecule has 2 atom stereocenters. The second-order valence-corrected chi connectivity index (χ2v) is 8.89. The van der Waals surface area contributed by atoms with Crippen LogP contribution in [-0.4, -0.2) is 41.2 Å². The van der Waals surface area contributed by atoms with E-state index in [2.05, 4.69) is 5.10 Å². The minimum absolute atomic E-state index is 0.114. The highest BCUT2D eigenvalue weighted by Gasteiger charge is 2.62. The number of ketones is 2. The van der Waals surface area contributed by atoms with Gasteiger partial charge < -0.3 is 14.2 Å². The number of nitrogens with zero attached hydrogens (tertiary/aromatic N) is 2. The molecular weight excluding hydrogens is 444 g/mol. The monoisotopic (exact) mass is 466 g/mol. The van der Waals surface area contributed by atoms with E-state index in [0.717, 1.165) is 11.1 Å². The molecule has 0 unspecified atom stereocenters. The van der Waals surface area contributed by atoms with Crippen molar-refractivity contribution in [3.63, 3.8) is 0 Å². The van der Waals surface area contributed by atoms with Crippen molar-refractivity contribution < 1.29 is 23.8 Å². The first kappa shape index (κ1) is 21.5. The van der Waals surface area contributed by atoms with E-state index in [9.17, 15) is 9.59 Å². The SMILES string of the molecule is COc1cc(OC)c2c(c1Cl)O[C@]1(C2=O)C(=O)c2c(nn(C)c2-c2ccccc2C)C[C@H]1C. The summed E-state index contributed by atoms with van der Waals surface area (Å²) in [5.74, 6) is -0.672. The molecule has 0 saturated carbocycles. The number of carbonyl (C=O) groups is 2. The summed E-state index contributed by atoms with van der Waals surface area (Å²) in [7, 11) is 4.72. The molecule has 1 aliphatic carbocycles. The van der Waals surface area contributed by atoms with Crippen LogP contribution in [0.1, 0.15) is 38.9 Å². The summed E-state index contributed by atoms with van der Waals surface area (Å²) < 4.78 is 18.7. The maximum absolute atomic E-state index is 14.2. The molecule has 5 rings (SSSR count). The summed E-state index contributed by atoms with van der Waals surface area (Å²) in [5, 5.41) is 4.77. The number of Topliss-reactive ketones (excluding diaryl/α,β-unsaturated/α-hetero) is 2. The molecular formula is C25H23ClN2O5. The Bertz CT molecular complexity index is 1350. The predicted octanol–water partition coefficient (Wildman–Crippen LogP) is 4.46. The van der Waals surface area contributed by atoms with Crippen molar-refractivity contribution in [1.82, 2.24) is 9.78 Å². The predicted molar refractivity (Wildman–Crippen MR) is 123 cm³/mol. The normalized spacial score (nSPS) is 21.1. The van der Waals surface area contributed by atoms with Crippen LogP contribution >= 0.6 is 11.6 Å². The van der Waals surface area contributed by atoms with Crippen molar-refractivity contribution in [2.75, 3.05) is 14.2 Å². The van der Waals surface area contributed by atoms with Crippen molar-refractivity contribution in [3.8, 4) is 28.5 Å². The van der Waals surface area contributed by atoms with Gasteiger partial charge in [-0.2, -0.15) is 5.10 Å². The molecule has 0 radical (unpaired) electrons. The molecule has 1 spiro atoms. The molecule has 3 aromatic rings.